The van der Waals surface area contributed by atoms with Crippen LogP contribution in [-0.4, -0.2) is 4.98 Å². The third-order valence-corrected chi connectivity index (χ3v) is 1.82. The van der Waals surface area contributed by atoms with Gasteiger partial charge in [0, 0.05) is 0 Å². The SMILES string of the molecule is CCc1cccc2ocnc12. The molecule has 0 aliphatic carbocycles. The predicted octanol–water partition coefficient (Wildman–Crippen LogP) is 2.39. The number of hydrogen-bond acceptors (Lipinski definition) is 2. The standard InChI is InChI=1S/C9H9NO/c1-2-7-4-3-5-8-9(7)10-6-11-8/h3-6H,2H2,1H3. The second kappa shape index (κ2) is 2.38. The van der Waals surface area contributed by atoms with Crippen molar-refractivity contribution >= 4 is 11.1 Å². The van der Waals surface area contributed by atoms with Crippen LogP contribution in [0.1, 0.15) is 12.5 Å². The van der Waals surface area contributed by atoms with Gasteiger partial charge >= 0.3 is 0 Å². The summed E-state index contributed by atoms with van der Waals surface area (Å²) >= 11 is 0. The largest absolute Gasteiger partial charge is 0.443 e. The van der Waals surface area contributed by atoms with Gasteiger partial charge in [0.05, 0.1) is 0 Å². The molecule has 2 aromatic rings. The summed E-state index contributed by atoms with van der Waals surface area (Å²) in [6.45, 7) is 2.11. The van der Waals surface area contributed by atoms with Crippen molar-refractivity contribution < 1.29 is 4.42 Å². The van der Waals surface area contributed by atoms with Crippen LogP contribution < -0.4 is 0 Å². The van der Waals surface area contributed by atoms with E-state index >= 15 is 0 Å². The van der Waals surface area contributed by atoms with Crippen LogP contribution in [0, 0.1) is 0 Å². The van der Waals surface area contributed by atoms with Crippen LogP contribution in [-0.2, 0) is 6.42 Å². The lowest BCUT2D eigenvalue weighted by atomic mass is 10.1. The lowest BCUT2D eigenvalue weighted by Crippen LogP contribution is -1.80. The van der Waals surface area contributed by atoms with Crippen molar-refractivity contribution in [2.45, 2.75) is 13.3 Å². The summed E-state index contributed by atoms with van der Waals surface area (Å²) in [7, 11) is 0. The van der Waals surface area contributed by atoms with Gasteiger partial charge in [0.2, 0.25) is 0 Å². The summed E-state index contributed by atoms with van der Waals surface area (Å²) in [4.78, 5) is 4.12. The van der Waals surface area contributed by atoms with Gasteiger partial charge in [-0.25, -0.2) is 4.98 Å². The van der Waals surface area contributed by atoms with Crippen LogP contribution in [0.4, 0.5) is 0 Å². The predicted molar refractivity (Wildman–Crippen MR) is 43.4 cm³/mol. The Bertz CT molecular complexity index is 364. The number of aryl methyl sites for hydroxylation is 1. The molecule has 0 atom stereocenters. The van der Waals surface area contributed by atoms with Crippen LogP contribution in [0.15, 0.2) is 29.0 Å². The van der Waals surface area contributed by atoms with Crippen molar-refractivity contribution in [2.24, 2.45) is 0 Å². The highest BCUT2D eigenvalue weighted by molar-refractivity contribution is 5.75. The first-order valence-corrected chi connectivity index (χ1v) is 3.73. The quantitative estimate of drug-likeness (QED) is 0.619. The van der Waals surface area contributed by atoms with E-state index in [1.807, 2.05) is 12.1 Å². The minimum absolute atomic E-state index is 0.879. The average molecular weight is 147 g/mol. The second-order valence-corrected chi connectivity index (χ2v) is 2.47. The highest BCUT2D eigenvalue weighted by Crippen LogP contribution is 2.16. The van der Waals surface area contributed by atoms with E-state index in [1.54, 1.807) is 0 Å². The molecule has 0 bridgehead atoms. The molecule has 0 N–H and O–H groups in total. The number of para-hydroxylation sites is 1. The maximum Gasteiger partial charge on any atom is 0.181 e. The fraction of sp³-hybridized carbons (Fsp3) is 0.222. The highest BCUT2D eigenvalue weighted by Gasteiger charge is 2.00. The minimum atomic E-state index is 0.879. The number of fused-ring (bicyclic) bond motifs is 1. The van der Waals surface area contributed by atoms with Crippen molar-refractivity contribution in [3.05, 3.63) is 30.2 Å². The molecule has 0 saturated carbocycles. The molecular formula is C9H9NO. The van der Waals surface area contributed by atoms with Crippen LogP contribution in [0.5, 0.6) is 0 Å². The van der Waals surface area contributed by atoms with Crippen molar-refractivity contribution in [1.29, 1.82) is 0 Å². The van der Waals surface area contributed by atoms with Crippen molar-refractivity contribution in [1.82, 2.24) is 4.98 Å². The lowest BCUT2D eigenvalue weighted by Gasteiger charge is -1.93. The van der Waals surface area contributed by atoms with Gasteiger partial charge in [-0.15, -0.1) is 0 Å². The van der Waals surface area contributed by atoms with E-state index in [0.717, 1.165) is 17.5 Å². The van der Waals surface area contributed by atoms with Gasteiger partial charge in [-0.2, -0.15) is 0 Å². The Balaban J connectivity index is 2.79. The van der Waals surface area contributed by atoms with E-state index in [2.05, 4.69) is 18.0 Å². The molecule has 1 heterocycles. The zero-order chi connectivity index (χ0) is 7.68. The molecule has 0 fully saturated rings. The zero-order valence-electron chi connectivity index (χ0n) is 6.37. The van der Waals surface area contributed by atoms with Crippen LogP contribution >= 0.6 is 0 Å². The third-order valence-electron chi connectivity index (χ3n) is 1.82. The Morgan fingerprint density at radius 3 is 3.18 bits per heavy atom. The van der Waals surface area contributed by atoms with E-state index in [1.165, 1.54) is 12.0 Å². The first-order chi connectivity index (χ1) is 5.42. The molecule has 0 unspecified atom stereocenters. The maximum absolute atomic E-state index is 5.15. The van der Waals surface area contributed by atoms with E-state index in [0.29, 0.717) is 0 Å². The highest BCUT2D eigenvalue weighted by atomic mass is 16.3. The number of hydrogen-bond donors (Lipinski definition) is 0. The van der Waals surface area contributed by atoms with Crippen LogP contribution in [0.3, 0.4) is 0 Å². The number of oxazole rings is 1. The van der Waals surface area contributed by atoms with Gasteiger partial charge in [-0.1, -0.05) is 19.1 Å². The summed E-state index contributed by atoms with van der Waals surface area (Å²) in [5.74, 6) is 0. The van der Waals surface area contributed by atoms with Gasteiger partial charge in [0.15, 0.2) is 12.0 Å². The topological polar surface area (TPSA) is 26.0 Å². The smallest absolute Gasteiger partial charge is 0.181 e. The first-order valence-electron chi connectivity index (χ1n) is 3.73. The molecule has 1 aromatic heterocycles. The van der Waals surface area contributed by atoms with Crippen molar-refractivity contribution in [2.75, 3.05) is 0 Å². The molecule has 0 aliphatic rings. The molecule has 11 heavy (non-hydrogen) atoms. The molecule has 1 aromatic carbocycles. The van der Waals surface area contributed by atoms with Gasteiger partial charge < -0.3 is 4.42 Å². The first kappa shape index (κ1) is 6.40. The normalized spacial score (nSPS) is 10.6. The fourth-order valence-electron chi connectivity index (χ4n) is 1.23. The second-order valence-electron chi connectivity index (χ2n) is 2.47. The molecule has 2 rings (SSSR count). The Morgan fingerprint density at radius 1 is 1.45 bits per heavy atom. The summed E-state index contributed by atoms with van der Waals surface area (Å²) in [5.41, 5.74) is 3.12. The average Bonchev–Trinajstić information content (AvgIpc) is 2.50. The van der Waals surface area contributed by atoms with Crippen molar-refractivity contribution in [3.63, 3.8) is 0 Å². The fourth-order valence-corrected chi connectivity index (χ4v) is 1.23. The Morgan fingerprint density at radius 2 is 2.36 bits per heavy atom. The van der Waals surface area contributed by atoms with Gasteiger partial charge in [-0.3, -0.25) is 0 Å². The number of nitrogens with zero attached hydrogens (tertiary/aromatic N) is 1. The van der Waals surface area contributed by atoms with Crippen LogP contribution in [0.2, 0.25) is 0 Å². The summed E-state index contributed by atoms with van der Waals surface area (Å²) in [6.07, 6.45) is 2.49. The molecule has 2 heteroatoms. The maximum atomic E-state index is 5.15. The summed E-state index contributed by atoms with van der Waals surface area (Å²) < 4.78 is 5.15. The van der Waals surface area contributed by atoms with E-state index in [9.17, 15) is 0 Å². The molecule has 0 radical (unpaired) electrons. The van der Waals surface area contributed by atoms with E-state index < -0.39 is 0 Å². The summed E-state index contributed by atoms with van der Waals surface area (Å²) in [6, 6.07) is 6.00. The number of rotatable bonds is 1. The van der Waals surface area contributed by atoms with Gasteiger partial charge in [0.25, 0.3) is 0 Å². The van der Waals surface area contributed by atoms with E-state index in [-0.39, 0.29) is 0 Å². The molecule has 0 saturated heterocycles. The molecule has 2 nitrogen and oxygen atoms in total. The van der Waals surface area contributed by atoms with Crippen LogP contribution in [0.25, 0.3) is 11.1 Å². The van der Waals surface area contributed by atoms with E-state index in [4.69, 9.17) is 4.42 Å². The lowest BCUT2D eigenvalue weighted by molar-refractivity contribution is 0.602. The third kappa shape index (κ3) is 0.909. The minimum Gasteiger partial charge on any atom is -0.443 e. The number of aromatic nitrogens is 1. The monoisotopic (exact) mass is 147 g/mol. The molecule has 0 amide bonds. The molecule has 56 valence electrons. The Hall–Kier alpha value is -1.31. The Labute approximate surface area is 64.9 Å². The summed E-state index contributed by atoms with van der Waals surface area (Å²) in [5, 5.41) is 0. The molecule has 0 spiro atoms. The van der Waals surface area contributed by atoms with Gasteiger partial charge in [0.1, 0.15) is 5.52 Å². The molecular weight excluding hydrogens is 138 g/mol. The van der Waals surface area contributed by atoms with Gasteiger partial charge in [-0.05, 0) is 18.1 Å². The number of benzene rings is 1. The molecule has 0 aliphatic heterocycles. The van der Waals surface area contributed by atoms with Crippen molar-refractivity contribution in [3.8, 4) is 0 Å². The Kier molecular flexibility index (Phi) is 1.39. The zero-order valence-corrected chi connectivity index (χ0v) is 6.37.